The van der Waals surface area contributed by atoms with Crippen LogP contribution in [-0.4, -0.2) is 55.3 Å². The SMILES string of the molecule is COC(=O)COc1c(I)cc(/C=C2\SC(=O)N(CC(=O)Nc3cccc(C)c3)C2=O)cc1OC. The van der Waals surface area contributed by atoms with Crippen molar-refractivity contribution in [2.45, 2.75) is 6.92 Å². The van der Waals surface area contributed by atoms with Crippen LogP contribution >= 0.6 is 34.4 Å². The number of halogens is 1. The van der Waals surface area contributed by atoms with E-state index in [1.165, 1.54) is 20.3 Å². The number of nitrogens with zero attached hydrogens (tertiary/aromatic N) is 1. The molecule has 1 heterocycles. The minimum atomic E-state index is -0.561. The number of anilines is 1. The Labute approximate surface area is 213 Å². The van der Waals surface area contributed by atoms with E-state index in [4.69, 9.17) is 9.47 Å². The quantitative estimate of drug-likeness (QED) is 0.278. The van der Waals surface area contributed by atoms with Crippen LogP contribution in [0.5, 0.6) is 11.5 Å². The topological polar surface area (TPSA) is 111 Å². The molecule has 0 saturated carbocycles. The third-order valence-electron chi connectivity index (χ3n) is 4.59. The molecule has 1 aliphatic heterocycles. The summed E-state index contributed by atoms with van der Waals surface area (Å²) in [5.74, 6) is -0.876. The van der Waals surface area contributed by atoms with Gasteiger partial charge in [-0.2, -0.15) is 0 Å². The summed E-state index contributed by atoms with van der Waals surface area (Å²) >= 11 is 2.76. The largest absolute Gasteiger partial charge is 0.493 e. The molecule has 9 nitrogen and oxygen atoms in total. The van der Waals surface area contributed by atoms with Gasteiger partial charge < -0.3 is 19.5 Å². The molecule has 178 valence electrons. The Balaban J connectivity index is 1.74. The number of aryl methyl sites for hydroxylation is 1. The van der Waals surface area contributed by atoms with Gasteiger partial charge in [-0.25, -0.2) is 4.79 Å². The first-order chi connectivity index (χ1) is 16.2. The number of rotatable bonds is 8. The molecule has 3 rings (SSSR count). The van der Waals surface area contributed by atoms with E-state index in [0.29, 0.717) is 26.3 Å². The molecule has 1 aliphatic rings. The number of esters is 1. The van der Waals surface area contributed by atoms with Crippen LogP contribution in [0.3, 0.4) is 0 Å². The average Bonchev–Trinajstić information content (AvgIpc) is 3.04. The van der Waals surface area contributed by atoms with Gasteiger partial charge in [0, 0.05) is 5.69 Å². The molecule has 1 saturated heterocycles. The van der Waals surface area contributed by atoms with Gasteiger partial charge in [0.15, 0.2) is 18.1 Å². The number of nitrogens with one attached hydrogen (secondary N) is 1. The maximum Gasteiger partial charge on any atom is 0.343 e. The molecule has 34 heavy (non-hydrogen) atoms. The van der Waals surface area contributed by atoms with Crippen molar-refractivity contribution in [3.63, 3.8) is 0 Å². The summed E-state index contributed by atoms with van der Waals surface area (Å²) in [6, 6.07) is 10.5. The lowest BCUT2D eigenvalue weighted by molar-refractivity contribution is -0.143. The molecule has 0 spiro atoms. The third-order valence-corrected chi connectivity index (χ3v) is 6.30. The normalized spacial score (nSPS) is 14.4. The van der Waals surface area contributed by atoms with E-state index in [1.54, 1.807) is 30.3 Å². The van der Waals surface area contributed by atoms with Gasteiger partial charge in [-0.3, -0.25) is 19.3 Å². The van der Waals surface area contributed by atoms with Crippen molar-refractivity contribution in [3.8, 4) is 11.5 Å². The number of thioether (sulfide) groups is 1. The lowest BCUT2D eigenvalue weighted by Crippen LogP contribution is -2.36. The zero-order valence-corrected chi connectivity index (χ0v) is 21.5. The van der Waals surface area contributed by atoms with Crippen molar-refractivity contribution < 1.29 is 33.4 Å². The Bertz CT molecular complexity index is 1180. The van der Waals surface area contributed by atoms with Crippen molar-refractivity contribution in [1.82, 2.24) is 4.90 Å². The number of benzene rings is 2. The Morgan fingerprint density at radius 3 is 2.62 bits per heavy atom. The van der Waals surface area contributed by atoms with E-state index in [-0.39, 0.29) is 11.5 Å². The first kappa shape index (κ1) is 25.6. The zero-order valence-electron chi connectivity index (χ0n) is 18.5. The second-order valence-electron chi connectivity index (χ2n) is 7.08. The highest BCUT2D eigenvalue weighted by molar-refractivity contribution is 14.1. The van der Waals surface area contributed by atoms with Crippen LogP contribution < -0.4 is 14.8 Å². The van der Waals surface area contributed by atoms with E-state index in [2.05, 4.69) is 10.1 Å². The number of amides is 3. The standard InChI is InChI=1S/C23H21IN2O7S/c1-13-5-4-6-15(7-13)25-19(27)11-26-22(29)18(34-23(26)30)10-14-8-16(24)21(17(9-14)31-2)33-12-20(28)32-3/h4-10H,11-12H2,1-3H3,(H,25,27)/b18-10-. The zero-order chi connectivity index (χ0) is 24.8. The second kappa shape index (κ2) is 11.4. The van der Waals surface area contributed by atoms with Gasteiger partial charge in [-0.1, -0.05) is 12.1 Å². The van der Waals surface area contributed by atoms with Crippen LogP contribution in [0.25, 0.3) is 6.08 Å². The van der Waals surface area contributed by atoms with Crippen LogP contribution in [0.1, 0.15) is 11.1 Å². The Morgan fingerprint density at radius 2 is 1.94 bits per heavy atom. The van der Waals surface area contributed by atoms with E-state index < -0.39 is 29.6 Å². The number of carbonyl (C=O) groups excluding carboxylic acids is 4. The van der Waals surface area contributed by atoms with Crippen LogP contribution in [-0.2, 0) is 19.1 Å². The van der Waals surface area contributed by atoms with Gasteiger partial charge in [0.1, 0.15) is 6.54 Å². The second-order valence-corrected chi connectivity index (χ2v) is 9.24. The summed E-state index contributed by atoms with van der Waals surface area (Å²) in [5, 5.41) is 2.16. The summed E-state index contributed by atoms with van der Waals surface area (Å²) < 4.78 is 16.0. The molecular weight excluding hydrogens is 575 g/mol. The van der Waals surface area contributed by atoms with Crippen molar-refractivity contribution in [1.29, 1.82) is 0 Å². The smallest absolute Gasteiger partial charge is 0.343 e. The van der Waals surface area contributed by atoms with Gasteiger partial charge in [0.25, 0.3) is 11.1 Å². The molecule has 3 amide bonds. The predicted molar refractivity (Wildman–Crippen MR) is 136 cm³/mol. The molecule has 2 aromatic rings. The van der Waals surface area contributed by atoms with Crippen LogP contribution in [0.4, 0.5) is 10.5 Å². The van der Waals surface area contributed by atoms with Crippen molar-refractivity contribution in [2.24, 2.45) is 0 Å². The number of imide groups is 1. The number of ether oxygens (including phenoxy) is 3. The molecule has 0 radical (unpaired) electrons. The molecule has 1 N–H and O–H groups in total. The first-order valence-corrected chi connectivity index (χ1v) is 11.8. The molecule has 0 aromatic heterocycles. The number of carbonyl (C=O) groups is 4. The van der Waals surface area contributed by atoms with Crippen LogP contribution in [0.2, 0.25) is 0 Å². The molecule has 0 unspecified atom stereocenters. The monoisotopic (exact) mass is 596 g/mol. The van der Waals surface area contributed by atoms with E-state index in [1.807, 2.05) is 35.6 Å². The lowest BCUT2D eigenvalue weighted by Gasteiger charge is -2.13. The van der Waals surface area contributed by atoms with Gasteiger partial charge in [-0.05, 0) is 82.7 Å². The Morgan fingerprint density at radius 1 is 1.18 bits per heavy atom. The highest BCUT2D eigenvalue weighted by atomic mass is 127. The van der Waals surface area contributed by atoms with Gasteiger partial charge in [0.05, 0.1) is 22.7 Å². The molecular formula is C23H21IN2O7S. The van der Waals surface area contributed by atoms with Crippen molar-refractivity contribution >= 4 is 69.1 Å². The minimum absolute atomic E-state index is 0.175. The molecule has 1 fully saturated rings. The highest BCUT2D eigenvalue weighted by Gasteiger charge is 2.36. The summed E-state index contributed by atoms with van der Waals surface area (Å²) in [6.45, 7) is 1.22. The molecule has 0 bridgehead atoms. The number of methoxy groups -OCH3 is 2. The van der Waals surface area contributed by atoms with Gasteiger partial charge >= 0.3 is 5.97 Å². The number of hydrogen-bond donors (Lipinski definition) is 1. The fourth-order valence-corrected chi connectivity index (χ4v) is 4.63. The van der Waals surface area contributed by atoms with E-state index >= 15 is 0 Å². The Hall–Kier alpha value is -3.06. The lowest BCUT2D eigenvalue weighted by atomic mass is 10.2. The minimum Gasteiger partial charge on any atom is -0.493 e. The summed E-state index contributed by atoms with van der Waals surface area (Å²) in [6.07, 6.45) is 1.54. The fourth-order valence-electron chi connectivity index (χ4n) is 3.01. The van der Waals surface area contributed by atoms with Crippen molar-refractivity contribution in [3.05, 3.63) is 56.0 Å². The van der Waals surface area contributed by atoms with Gasteiger partial charge in [-0.15, -0.1) is 0 Å². The molecule has 2 aromatic carbocycles. The average molecular weight is 596 g/mol. The first-order valence-electron chi connectivity index (χ1n) is 9.91. The molecule has 11 heteroatoms. The summed E-state index contributed by atoms with van der Waals surface area (Å²) in [7, 11) is 2.71. The molecule has 0 aliphatic carbocycles. The summed E-state index contributed by atoms with van der Waals surface area (Å²) in [4.78, 5) is 50.0. The maximum atomic E-state index is 12.8. The van der Waals surface area contributed by atoms with Crippen LogP contribution in [0.15, 0.2) is 41.3 Å². The fraction of sp³-hybridized carbons (Fsp3) is 0.217. The third kappa shape index (κ3) is 6.29. The highest BCUT2D eigenvalue weighted by Crippen LogP contribution is 2.37. The van der Waals surface area contributed by atoms with Gasteiger partial charge in [0.2, 0.25) is 5.91 Å². The maximum absolute atomic E-state index is 12.8. The van der Waals surface area contributed by atoms with Crippen molar-refractivity contribution in [2.75, 3.05) is 32.7 Å². The van der Waals surface area contributed by atoms with Crippen LogP contribution in [0, 0.1) is 10.5 Å². The van der Waals surface area contributed by atoms with E-state index in [9.17, 15) is 19.2 Å². The number of hydrogen-bond acceptors (Lipinski definition) is 8. The van der Waals surface area contributed by atoms with E-state index in [0.717, 1.165) is 22.2 Å². The molecule has 0 atom stereocenters. The summed E-state index contributed by atoms with van der Waals surface area (Å²) in [5.41, 5.74) is 2.14. The predicted octanol–water partition coefficient (Wildman–Crippen LogP) is 3.84. The Kier molecular flexibility index (Phi) is 8.56.